The fraction of sp³-hybridized carbons (Fsp3) is 0.100. The largest absolute Gasteiger partial charge is 0.0622 e. The van der Waals surface area contributed by atoms with Gasteiger partial charge in [-0.05, 0) is 64.4 Å². The van der Waals surface area contributed by atoms with Crippen LogP contribution in [0.5, 0.6) is 0 Å². The molecule has 0 unspecified atom stereocenters. The van der Waals surface area contributed by atoms with Crippen molar-refractivity contribution in [2.24, 2.45) is 0 Å². The van der Waals surface area contributed by atoms with Gasteiger partial charge in [-0.1, -0.05) is 76.6 Å². The first kappa shape index (κ1) is 15.8. The molecule has 0 fully saturated rings. The van der Waals surface area contributed by atoms with E-state index in [2.05, 4.69) is 124 Å². The first-order valence-electron chi connectivity index (χ1n) is 7.18. The molecule has 0 aliphatic heterocycles. The summed E-state index contributed by atoms with van der Waals surface area (Å²) in [6.07, 6.45) is 0. The Balaban J connectivity index is 2.28. The molecule has 22 heavy (non-hydrogen) atoms. The SMILES string of the molecule is CC(c1ccccc1)(c1ccccc1)c1cc(Br)cc(I)c1. The molecule has 0 nitrogen and oxygen atoms in total. The summed E-state index contributed by atoms with van der Waals surface area (Å²) in [7, 11) is 0. The summed E-state index contributed by atoms with van der Waals surface area (Å²) in [5, 5.41) is 0. The normalized spacial score (nSPS) is 11.4. The molecule has 0 saturated heterocycles. The predicted octanol–water partition coefficient (Wildman–Crippen LogP) is 6.41. The van der Waals surface area contributed by atoms with Crippen molar-refractivity contribution in [3.63, 3.8) is 0 Å². The quantitative estimate of drug-likeness (QED) is 0.311. The lowest BCUT2D eigenvalue weighted by Gasteiger charge is -2.32. The van der Waals surface area contributed by atoms with Gasteiger partial charge in [-0.3, -0.25) is 0 Å². The molecule has 0 bridgehead atoms. The second-order valence-corrected chi connectivity index (χ2v) is 7.68. The van der Waals surface area contributed by atoms with Crippen molar-refractivity contribution in [3.8, 4) is 0 Å². The van der Waals surface area contributed by atoms with Gasteiger partial charge in [0, 0.05) is 13.5 Å². The Morgan fingerprint density at radius 1 is 0.727 bits per heavy atom. The minimum atomic E-state index is -0.174. The maximum absolute atomic E-state index is 3.65. The Hall–Kier alpha value is -1.13. The van der Waals surface area contributed by atoms with E-state index in [9.17, 15) is 0 Å². The molecule has 110 valence electrons. The van der Waals surface area contributed by atoms with Gasteiger partial charge in [0.2, 0.25) is 0 Å². The van der Waals surface area contributed by atoms with Gasteiger partial charge in [0.05, 0.1) is 0 Å². The lowest BCUT2D eigenvalue weighted by Crippen LogP contribution is -2.25. The topological polar surface area (TPSA) is 0 Å². The molecule has 0 saturated carbocycles. The summed E-state index contributed by atoms with van der Waals surface area (Å²) in [6, 6.07) is 28.0. The molecule has 2 heteroatoms. The Bertz CT molecular complexity index is 706. The molecule has 3 aromatic carbocycles. The average molecular weight is 463 g/mol. The van der Waals surface area contributed by atoms with Crippen LogP contribution in [0.4, 0.5) is 0 Å². The molecule has 3 aromatic rings. The summed E-state index contributed by atoms with van der Waals surface area (Å²) in [5.74, 6) is 0. The van der Waals surface area contributed by atoms with Gasteiger partial charge >= 0.3 is 0 Å². The molecule has 0 heterocycles. The van der Waals surface area contributed by atoms with Gasteiger partial charge in [-0.2, -0.15) is 0 Å². The van der Waals surface area contributed by atoms with Crippen LogP contribution in [-0.2, 0) is 5.41 Å². The summed E-state index contributed by atoms with van der Waals surface area (Å²) in [4.78, 5) is 0. The van der Waals surface area contributed by atoms with E-state index in [0.29, 0.717) is 0 Å². The van der Waals surface area contributed by atoms with Crippen molar-refractivity contribution in [2.75, 3.05) is 0 Å². The van der Waals surface area contributed by atoms with Crippen LogP contribution in [-0.4, -0.2) is 0 Å². The van der Waals surface area contributed by atoms with Crippen molar-refractivity contribution in [1.82, 2.24) is 0 Å². The highest BCUT2D eigenvalue weighted by Crippen LogP contribution is 2.40. The molecular formula is C20H16BrI. The maximum atomic E-state index is 3.65. The summed E-state index contributed by atoms with van der Waals surface area (Å²) >= 11 is 6.03. The fourth-order valence-electron chi connectivity index (χ4n) is 2.89. The zero-order chi connectivity index (χ0) is 15.6. The first-order chi connectivity index (χ1) is 10.6. The van der Waals surface area contributed by atoms with E-state index in [1.54, 1.807) is 0 Å². The molecule has 3 rings (SSSR count). The molecule has 0 aliphatic rings. The molecule has 0 amide bonds. The maximum Gasteiger partial charge on any atom is 0.0424 e. The molecular weight excluding hydrogens is 447 g/mol. The van der Waals surface area contributed by atoms with Gasteiger partial charge in [-0.15, -0.1) is 0 Å². The van der Waals surface area contributed by atoms with Crippen LogP contribution in [0.3, 0.4) is 0 Å². The van der Waals surface area contributed by atoms with Gasteiger partial charge < -0.3 is 0 Å². The van der Waals surface area contributed by atoms with Gasteiger partial charge in [0.25, 0.3) is 0 Å². The number of halogens is 2. The fourth-order valence-corrected chi connectivity index (χ4v) is 4.48. The van der Waals surface area contributed by atoms with Crippen LogP contribution < -0.4 is 0 Å². The van der Waals surface area contributed by atoms with Crippen molar-refractivity contribution in [1.29, 1.82) is 0 Å². The van der Waals surface area contributed by atoms with E-state index < -0.39 is 0 Å². The van der Waals surface area contributed by atoms with Crippen molar-refractivity contribution >= 4 is 38.5 Å². The Kier molecular flexibility index (Phi) is 4.69. The minimum absolute atomic E-state index is 0.174. The third-order valence-corrected chi connectivity index (χ3v) is 5.22. The number of hydrogen-bond acceptors (Lipinski definition) is 0. The minimum Gasteiger partial charge on any atom is -0.0622 e. The summed E-state index contributed by atoms with van der Waals surface area (Å²) in [5.41, 5.74) is 3.72. The highest BCUT2D eigenvalue weighted by atomic mass is 127. The van der Waals surface area contributed by atoms with E-state index in [4.69, 9.17) is 0 Å². The molecule has 0 N–H and O–H groups in total. The molecule has 0 atom stereocenters. The van der Waals surface area contributed by atoms with E-state index in [1.807, 2.05) is 0 Å². The van der Waals surface area contributed by atoms with Gasteiger partial charge in [-0.25, -0.2) is 0 Å². The Morgan fingerprint density at radius 3 is 1.68 bits per heavy atom. The lowest BCUT2D eigenvalue weighted by atomic mass is 9.71. The van der Waals surface area contributed by atoms with E-state index >= 15 is 0 Å². The highest BCUT2D eigenvalue weighted by molar-refractivity contribution is 14.1. The molecule has 0 radical (unpaired) electrons. The van der Waals surface area contributed by atoms with Crippen LogP contribution in [0.15, 0.2) is 83.3 Å². The van der Waals surface area contributed by atoms with Crippen LogP contribution >= 0.6 is 38.5 Å². The van der Waals surface area contributed by atoms with Gasteiger partial charge in [0.1, 0.15) is 0 Å². The molecule has 0 spiro atoms. The van der Waals surface area contributed by atoms with Crippen molar-refractivity contribution in [3.05, 3.63) is 104 Å². The second kappa shape index (κ2) is 6.55. The number of benzene rings is 3. The molecule has 0 aromatic heterocycles. The van der Waals surface area contributed by atoms with E-state index in [-0.39, 0.29) is 5.41 Å². The number of hydrogen-bond donors (Lipinski definition) is 0. The number of rotatable bonds is 3. The molecule has 0 aliphatic carbocycles. The first-order valence-corrected chi connectivity index (χ1v) is 9.05. The van der Waals surface area contributed by atoms with E-state index in [0.717, 1.165) is 4.47 Å². The van der Waals surface area contributed by atoms with Crippen LogP contribution in [0.2, 0.25) is 0 Å². The third kappa shape index (κ3) is 2.99. The van der Waals surface area contributed by atoms with Crippen molar-refractivity contribution in [2.45, 2.75) is 12.3 Å². The standard InChI is InChI=1S/C20H16BrI/c1-20(15-8-4-2-5-9-15,16-10-6-3-7-11-16)17-12-18(21)14-19(22)13-17/h2-14H,1H3. The third-order valence-electron chi connectivity index (χ3n) is 4.14. The van der Waals surface area contributed by atoms with Crippen molar-refractivity contribution < 1.29 is 0 Å². The van der Waals surface area contributed by atoms with Crippen LogP contribution in [0.1, 0.15) is 23.6 Å². The van der Waals surface area contributed by atoms with Crippen LogP contribution in [0, 0.1) is 3.57 Å². The second-order valence-electron chi connectivity index (χ2n) is 5.52. The average Bonchev–Trinajstić information content (AvgIpc) is 2.55. The smallest absolute Gasteiger partial charge is 0.0424 e. The van der Waals surface area contributed by atoms with E-state index in [1.165, 1.54) is 20.3 Å². The Morgan fingerprint density at radius 2 is 1.23 bits per heavy atom. The lowest BCUT2D eigenvalue weighted by molar-refractivity contribution is 0.691. The summed E-state index contributed by atoms with van der Waals surface area (Å²) in [6.45, 7) is 2.30. The highest BCUT2D eigenvalue weighted by Gasteiger charge is 2.31. The zero-order valence-electron chi connectivity index (χ0n) is 12.3. The summed E-state index contributed by atoms with van der Waals surface area (Å²) < 4.78 is 2.35. The predicted molar refractivity (Wildman–Crippen MR) is 105 cm³/mol. The monoisotopic (exact) mass is 462 g/mol. The zero-order valence-corrected chi connectivity index (χ0v) is 16.0. The van der Waals surface area contributed by atoms with Gasteiger partial charge in [0.15, 0.2) is 0 Å². The van der Waals surface area contributed by atoms with Crippen LogP contribution in [0.25, 0.3) is 0 Å². The Labute approximate surface area is 153 Å².